The molecule has 0 N–H and O–H groups in total. The van der Waals surface area contributed by atoms with Crippen LogP contribution in [0.2, 0.25) is 5.15 Å². The lowest BCUT2D eigenvalue weighted by Gasteiger charge is -2.01. The summed E-state index contributed by atoms with van der Waals surface area (Å²) in [5.41, 5.74) is 1.05. The van der Waals surface area contributed by atoms with Crippen LogP contribution in [-0.4, -0.2) is 14.8 Å². The van der Waals surface area contributed by atoms with Crippen LogP contribution >= 0.6 is 22.9 Å². The number of hydrogen-bond donors (Lipinski definition) is 0. The molecule has 2 rings (SSSR count). The number of aromatic nitrogens is 3. The van der Waals surface area contributed by atoms with Gasteiger partial charge in [-0.25, -0.2) is 4.98 Å². The zero-order valence-corrected chi connectivity index (χ0v) is 9.35. The summed E-state index contributed by atoms with van der Waals surface area (Å²) in [7, 11) is 0. The Labute approximate surface area is 91.4 Å². The Morgan fingerprint density at radius 1 is 1.57 bits per heavy atom. The Hall–Kier alpha value is -0.870. The fraction of sp³-hybridized carbons (Fsp3) is 0.333. The Kier molecular flexibility index (Phi) is 2.84. The van der Waals surface area contributed by atoms with Crippen LogP contribution in [0.5, 0.6) is 0 Å². The van der Waals surface area contributed by atoms with Gasteiger partial charge in [-0.05, 0) is 12.5 Å². The molecule has 5 heteroatoms. The Morgan fingerprint density at radius 3 is 3.07 bits per heavy atom. The molecule has 74 valence electrons. The van der Waals surface area contributed by atoms with Crippen molar-refractivity contribution in [2.75, 3.05) is 0 Å². The monoisotopic (exact) mass is 227 g/mol. The molecule has 0 aliphatic rings. The van der Waals surface area contributed by atoms with Gasteiger partial charge in [-0.15, -0.1) is 11.3 Å². The van der Waals surface area contributed by atoms with E-state index in [0.717, 1.165) is 23.7 Å². The highest BCUT2D eigenvalue weighted by molar-refractivity contribution is 7.13. The van der Waals surface area contributed by atoms with Crippen LogP contribution in [0.3, 0.4) is 0 Å². The van der Waals surface area contributed by atoms with Crippen molar-refractivity contribution in [2.45, 2.75) is 19.9 Å². The highest BCUT2D eigenvalue weighted by atomic mass is 35.5. The van der Waals surface area contributed by atoms with Gasteiger partial charge in [0.05, 0.1) is 5.69 Å². The lowest BCUT2D eigenvalue weighted by atomic mass is 10.4. The molecule has 2 aromatic rings. The van der Waals surface area contributed by atoms with Crippen molar-refractivity contribution < 1.29 is 0 Å². The van der Waals surface area contributed by atoms with Gasteiger partial charge in [-0.1, -0.05) is 18.5 Å². The van der Waals surface area contributed by atoms with Crippen LogP contribution in [-0.2, 0) is 6.54 Å². The molecule has 0 unspecified atom stereocenters. The van der Waals surface area contributed by atoms with E-state index in [4.69, 9.17) is 11.6 Å². The molecule has 0 spiro atoms. The maximum atomic E-state index is 5.78. The van der Waals surface area contributed by atoms with Crippen molar-refractivity contribution in [1.29, 1.82) is 0 Å². The predicted molar refractivity (Wildman–Crippen MR) is 58.6 cm³/mol. The number of thiazole rings is 1. The minimum Gasteiger partial charge on any atom is -0.262 e. The van der Waals surface area contributed by atoms with Gasteiger partial charge in [0, 0.05) is 18.1 Å². The molecule has 0 fully saturated rings. The third-order valence-electron chi connectivity index (χ3n) is 1.85. The number of hydrogen-bond acceptors (Lipinski definition) is 3. The molecule has 0 radical (unpaired) electrons. The SMILES string of the molecule is CCCn1nccc1-c1nc(Cl)cs1. The van der Waals surface area contributed by atoms with Crippen LogP contribution in [0.15, 0.2) is 17.6 Å². The summed E-state index contributed by atoms with van der Waals surface area (Å²) in [5, 5.41) is 7.55. The van der Waals surface area contributed by atoms with Crippen molar-refractivity contribution in [3.8, 4) is 10.7 Å². The predicted octanol–water partition coefficient (Wildman–Crippen LogP) is 3.07. The summed E-state index contributed by atoms with van der Waals surface area (Å²) in [4.78, 5) is 4.22. The average molecular weight is 228 g/mol. The van der Waals surface area contributed by atoms with Gasteiger partial charge < -0.3 is 0 Å². The van der Waals surface area contributed by atoms with Crippen LogP contribution in [0.25, 0.3) is 10.7 Å². The summed E-state index contributed by atoms with van der Waals surface area (Å²) in [6, 6.07) is 1.96. The first-order valence-electron chi connectivity index (χ1n) is 4.44. The third-order valence-corrected chi connectivity index (χ3v) is 3.04. The average Bonchev–Trinajstić information content (AvgIpc) is 2.74. The van der Waals surface area contributed by atoms with Crippen LogP contribution in [0.4, 0.5) is 0 Å². The van der Waals surface area contributed by atoms with Gasteiger partial charge >= 0.3 is 0 Å². The molecule has 0 aliphatic heterocycles. The molecule has 0 aliphatic carbocycles. The van der Waals surface area contributed by atoms with E-state index in [1.54, 1.807) is 17.5 Å². The maximum absolute atomic E-state index is 5.78. The van der Waals surface area contributed by atoms with E-state index >= 15 is 0 Å². The van der Waals surface area contributed by atoms with Crippen LogP contribution < -0.4 is 0 Å². The lowest BCUT2D eigenvalue weighted by Crippen LogP contribution is -2.00. The van der Waals surface area contributed by atoms with Gasteiger partial charge in [0.2, 0.25) is 0 Å². The van der Waals surface area contributed by atoms with Crippen molar-refractivity contribution in [3.05, 3.63) is 22.8 Å². The van der Waals surface area contributed by atoms with E-state index in [9.17, 15) is 0 Å². The van der Waals surface area contributed by atoms with E-state index in [0.29, 0.717) is 5.15 Å². The number of rotatable bonds is 3. The van der Waals surface area contributed by atoms with E-state index in [1.165, 1.54) is 0 Å². The molecule has 0 bridgehead atoms. The number of nitrogens with zero attached hydrogens (tertiary/aromatic N) is 3. The maximum Gasteiger partial charge on any atom is 0.143 e. The highest BCUT2D eigenvalue weighted by Crippen LogP contribution is 2.25. The Balaban J connectivity index is 2.36. The molecule has 0 saturated carbocycles. The summed E-state index contributed by atoms with van der Waals surface area (Å²) >= 11 is 7.32. The van der Waals surface area contributed by atoms with E-state index in [-0.39, 0.29) is 0 Å². The lowest BCUT2D eigenvalue weighted by molar-refractivity contribution is 0.609. The quantitative estimate of drug-likeness (QED) is 0.807. The zero-order chi connectivity index (χ0) is 9.97. The molecule has 0 atom stereocenters. The molecule has 0 amide bonds. The Morgan fingerprint density at radius 2 is 2.43 bits per heavy atom. The first-order chi connectivity index (χ1) is 6.81. The second-order valence-electron chi connectivity index (χ2n) is 2.91. The van der Waals surface area contributed by atoms with Crippen LogP contribution in [0.1, 0.15) is 13.3 Å². The van der Waals surface area contributed by atoms with E-state index in [1.807, 2.05) is 16.1 Å². The first kappa shape index (κ1) is 9.68. The van der Waals surface area contributed by atoms with Gasteiger partial charge in [-0.2, -0.15) is 5.10 Å². The number of aryl methyl sites for hydroxylation is 1. The molecule has 2 heterocycles. The minimum absolute atomic E-state index is 0.550. The third kappa shape index (κ3) is 1.81. The first-order valence-corrected chi connectivity index (χ1v) is 5.70. The van der Waals surface area contributed by atoms with Crippen molar-refractivity contribution in [2.24, 2.45) is 0 Å². The standard InChI is InChI=1S/C9H10ClN3S/c1-2-5-13-7(3-4-11-13)9-12-8(10)6-14-9/h3-4,6H,2,5H2,1H3. The van der Waals surface area contributed by atoms with Crippen molar-refractivity contribution in [1.82, 2.24) is 14.8 Å². The van der Waals surface area contributed by atoms with Gasteiger partial charge in [0.25, 0.3) is 0 Å². The van der Waals surface area contributed by atoms with Gasteiger partial charge in [0.15, 0.2) is 0 Å². The van der Waals surface area contributed by atoms with E-state index < -0.39 is 0 Å². The molecule has 0 aromatic carbocycles. The van der Waals surface area contributed by atoms with Gasteiger partial charge in [-0.3, -0.25) is 4.68 Å². The van der Waals surface area contributed by atoms with Gasteiger partial charge in [0.1, 0.15) is 10.2 Å². The van der Waals surface area contributed by atoms with Crippen molar-refractivity contribution in [3.63, 3.8) is 0 Å². The molecular formula is C9H10ClN3S. The van der Waals surface area contributed by atoms with Crippen molar-refractivity contribution >= 4 is 22.9 Å². The summed E-state index contributed by atoms with van der Waals surface area (Å²) in [5.74, 6) is 0. The molecule has 2 aromatic heterocycles. The smallest absolute Gasteiger partial charge is 0.143 e. The molecule has 0 saturated heterocycles. The topological polar surface area (TPSA) is 30.7 Å². The largest absolute Gasteiger partial charge is 0.262 e. The Bertz CT molecular complexity index is 421. The summed E-state index contributed by atoms with van der Waals surface area (Å²) in [6.07, 6.45) is 2.86. The highest BCUT2D eigenvalue weighted by Gasteiger charge is 2.08. The second-order valence-corrected chi connectivity index (χ2v) is 4.16. The number of halogens is 1. The minimum atomic E-state index is 0.550. The second kappa shape index (κ2) is 4.11. The normalized spacial score (nSPS) is 10.7. The van der Waals surface area contributed by atoms with Crippen LogP contribution in [0, 0.1) is 0 Å². The molecular weight excluding hydrogens is 218 g/mol. The fourth-order valence-corrected chi connectivity index (χ4v) is 2.25. The zero-order valence-electron chi connectivity index (χ0n) is 7.77. The molecule has 14 heavy (non-hydrogen) atoms. The van der Waals surface area contributed by atoms with E-state index in [2.05, 4.69) is 17.0 Å². The fourth-order valence-electron chi connectivity index (χ4n) is 1.28. The summed E-state index contributed by atoms with van der Waals surface area (Å²) < 4.78 is 1.95. The summed E-state index contributed by atoms with van der Waals surface area (Å²) in [6.45, 7) is 3.04. The molecule has 3 nitrogen and oxygen atoms in total.